The van der Waals surface area contributed by atoms with Gasteiger partial charge in [-0.25, -0.2) is 0 Å². The molecule has 12 heavy (non-hydrogen) atoms. The average Bonchev–Trinajstić information content (AvgIpc) is 2.39. The van der Waals surface area contributed by atoms with Crippen molar-refractivity contribution >= 4 is 18.4 Å². The fourth-order valence-corrected chi connectivity index (χ4v) is 0.610. The van der Waals surface area contributed by atoms with Gasteiger partial charge in [0, 0.05) is 6.20 Å². The summed E-state index contributed by atoms with van der Waals surface area (Å²) in [6.07, 6.45) is 3.03. The highest BCUT2D eigenvalue weighted by molar-refractivity contribution is 5.85. The third kappa shape index (κ3) is 2.85. The molecule has 1 heterocycles. The molecule has 0 aromatic carbocycles. The molecule has 1 atom stereocenters. The molecule has 0 amide bonds. The molecule has 0 aliphatic carbocycles. The van der Waals surface area contributed by atoms with Gasteiger partial charge in [-0.05, 0) is 0 Å². The normalized spacial score (nSPS) is 11.8. The van der Waals surface area contributed by atoms with Crippen LogP contribution in [0.5, 0.6) is 0 Å². The summed E-state index contributed by atoms with van der Waals surface area (Å²) in [5.74, 6) is -1.04. The highest BCUT2D eigenvalue weighted by Gasteiger charge is 2.11. The van der Waals surface area contributed by atoms with Crippen LogP contribution in [0.1, 0.15) is 0 Å². The number of nitrogens with two attached hydrogens (primary N) is 1. The van der Waals surface area contributed by atoms with Crippen LogP contribution in [0, 0.1) is 0 Å². The Labute approximate surface area is 74.8 Å². The van der Waals surface area contributed by atoms with Crippen LogP contribution in [0.25, 0.3) is 0 Å². The van der Waals surface area contributed by atoms with Crippen LogP contribution >= 0.6 is 12.4 Å². The third-order valence-electron chi connectivity index (χ3n) is 1.17. The SMILES string of the molecule is Cl.NC(Cn1ccnn1)C(=O)O. The van der Waals surface area contributed by atoms with E-state index in [1.54, 1.807) is 6.20 Å². The molecule has 0 aliphatic rings. The zero-order valence-corrected chi connectivity index (χ0v) is 6.94. The van der Waals surface area contributed by atoms with Gasteiger partial charge in [0.25, 0.3) is 0 Å². The van der Waals surface area contributed by atoms with E-state index < -0.39 is 12.0 Å². The van der Waals surface area contributed by atoms with Gasteiger partial charge in [0.1, 0.15) is 6.04 Å². The number of carboxylic acid groups (broad SMARTS) is 1. The first-order chi connectivity index (χ1) is 5.20. The second-order valence-corrected chi connectivity index (χ2v) is 2.07. The lowest BCUT2D eigenvalue weighted by atomic mass is 10.3. The zero-order chi connectivity index (χ0) is 8.27. The maximum atomic E-state index is 10.2. The van der Waals surface area contributed by atoms with Crippen LogP contribution in [0.4, 0.5) is 0 Å². The Balaban J connectivity index is 0.00000121. The van der Waals surface area contributed by atoms with Gasteiger partial charge in [-0.15, -0.1) is 17.5 Å². The Morgan fingerprint density at radius 2 is 2.42 bits per heavy atom. The summed E-state index contributed by atoms with van der Waals surface area (Å²) in [6, 6.07) is -0.920. The summed E-state index contributed by atoms with van der Waals surface area (Å²) in [7, 11) is 0. The van der Waals surface area contributed by atoms with E-state index in [1.807, 2.05) is 0 Å². The predicted molar refractivity (Wildman–Crippen MR) is 42.9 cm³/mol. The first kappa shape index (κ1) is 10.9. The molecule has 0 saturated carbocycles. The maximum Gasteiger partial charge on any atom is 0.322 e. The monoisotopic (exact) mass is 192 g/mol. The van der Waals surface area contributed by atoms with Crippen molar-refractivity contribution < 1.29 is 9.90 Å². The minimum atomic E-state index is -1.04. The molecule has 3 N–H and O–H groups in total. The van der Waals surface area contributed by atoms with Crippen molar-refractivity contribution in [3.63, 3.8) is 0 Å². The molecule has 6 nitrogen and oxygen atoms in total. The lowest BCUT2D eigenvalue weighted by Gasteiger charge is -2.03. The van der Waals surface area contributed by atoms with E-state index in [4.69, 9.17) is 10.8 Å². The Morgan fingerprint density at radius 1 is 1.75 bits per heavy atom. The van der Waals surface area contributed by atoms with Crippen molar-refractivity contribution in [2.45, 2.75) is 12.6 Å². The zero-order valence-electron chi connectivity index (χ0n) is 6.12. The Kier molecular flexibility index (Phi) is 4.24. The predicted octanol–water partition coefficient (Wildman–Crippen LogP) is -0.888. The van der Waals surface area contributed by atoms with E-state index in [2.05, 4.69) is 10.3 Å². The molecule has 1 aromatic rings. The second kappa shape index (κ2) is 4.68. The average molecular weight is 193 g/mol. The largest absolute Gasteiger partial charge is 0.480 e. The number of aliphatic carboxylic acids is 1. The van der Waals surface area contributed by atoms with Gasteiger partial charge in [-0.3, -0.25) is 9.48 Å². The van der Waals surface area contributed by atoms with E-state index in [1.165, 1.54) is 10.9 Å². The second-order valence-electron chi connectivity index (χ2n) is 2.07. The highest BCUT2D eigenvalue weighted by atomic mass is 35.5. The molecule has 0 saturated heterocycles. The summed E-state index contributed by atoms with van der Waals surface area (Å²) in [5.41, 5.74) is 5.22. The van der Waals surface area contributed by atoms with Crippen LogP contribution in [-0.4, -0.2) is 32.1 Å². The summed E-state index contributed by atoms with van der Waals surface area (Å²) >= 11 is 0. The molecule has 0 bridgehead atoms. The first-order valence-corrected chi connectivity index (χ1v) is 3.02. The lowest BCUT2D eigenvalue weighted by molar-refractivity contribution is -0.138. The highest BCUT2D eigenvalue weighted by Crippen LogP contribution is 1.85. The van der Waals surface area contributed by atoms with Gasteiger partial charge in [0.2, 0.25) is 0 Å². The van der Waals surface area contributed by atoms with Crippen LogP contribution in [0.3, 0.4) is 0 Å². The number of carboxylic acids is 1. The van der Waals surface area contributed by atoms with E-state index in [0.717, 1.165) is 0 Å². The van der Waals surface area contributed by atoms with Crippen molar-refractivity contribution in [1.29, 1.82) is 0 Å². The number of carbonyl (C=O) groups is 1. The molecule has 0 radical (unpaired) electrons. The third-order valence-corrected chi connectivity index (χ3v) is 1.17. The standard InChI is InChI=1S/C5H8N4O2.ClH/c6-4(5(10)11)3-9-2-1-7-8-9;/h1-2,4H,3,6H2,(H,10,11);1H. The Hall–Kier alpha value is -1.14. The van der Waals surface area contributed by atoms with Crippen molar-refractivity contribution in [2.24, 2.45) is 5.73 Å². The molecule has 1 unspecified atom stereocenters. The number of halogens is 1. The van der Waals surface area contributed by atoms with Gasteiger partial charge in [-0.1, -0.05) is 5.21 Å². The van der Waals surface area contributed by atoms with Crippen molar-refractivity contribution in [3.8, 4) is 0 Å². The molecular formula is C5H9ClN4O2. The van der Waals surface area contributed by atoms with Gasteiger partial charge >= 0.3 is 5.97 Å². The van der Waals surface area contributed by atoms with E-state index in [0.29, 0.717) is 0 Å². The molecule has 68 valence electrons. The minimum Gasteiger partial charge on any atom is -0.480 e. The molecule has 1 aromatic heterocycles. The van der Waals surface area contributed by atoms with E-state index in [-0.39, 0.29) is 19.0 Å². The van der Waals surface area contributed by atoms with Crippen LogP contribution < -0.4 is 5.73 Å². The molecule has 0 aliphatic heterocycles. The van der Waals surface area contributed by atoms with Gasteiger partial charge in [0.05, 0.1) is 12.7 Å². The number of aromatic nitrogens is 3. The summed E-state index contributed by atoms with van der Waals surface area (Å²) in [4.78, 5) is 10.2. The number of hydrogen-bond acceptors (Lipinski definition) is 4. The maximum absolute atomic E-state index is 10.2. The van der Waals surface area contributed by atoms with Crippen LogP contribution in [0.15, 0.2) is 12.4 Å². The smallest absolute Gasteiger partial charge is 0.322 e. The summed E-state index contributed by atoms with van der Waals surface area (Å²) in [5, 5.41) is 15.5. The fourth-order valence-electron chi connectivity index (χ4n) is 0.610. The minimum absolute atomic E-state index is 0. The molecule has 0 spiro atoms. The van der Waals surface area contributed by atoms with E-state index >= 15 is 0 Å². The van der Waals surface area contributed by atoms with Crippen LogP contribution in [0.2, 0.25) is 0 Å². The van der Waals surface area contributed by atoms with Crippen molar-refractivity contribution in [3.05, 3.63) is 12.4 Å². The summed E-state index contributed by atoms with van der Waals surface area (Å²) in [6.45, 7) is 0.148. The molecular weight excluding hydrogens is 184 g/mol. The lowest BCUT2D eigenvalue weighted by Crippen LogP contribution is -2.34. The summed E-state index contributed by atoms with van der Waals surface area (Å²) < 4.78 is 1.37. The molecule has 1 rings (SSSR count). The van der Waals surface area contributed by atoms with Gasteiger partial charge in [0.15, 0.2) is 0 Å². The van der Waals surface area contributed by atoms with Gasteiger partial charge < -0.3 is 10.8 Å². The number of rotatable bonds is 3. The topological polar surface area (TPSA) is 94.0 Å². The van der Waals surface area contributed by atoms with Crippen LogP contribution in [-0.2, 0) is 11.3 Å². The van der Waals surface area contributed by atoms with Crippen molar-refractivity contribution in [1.82, 2.24) is 15.0 Å². The van der Waals surface area contributed by atoms with Crippen molar-refractivity contribution in [2.75, 3.05) is 0 Å². The fraction of sp³-hybridized carbons (Fsp3) is 0.400. The molecule has 0 fully saturated rings. The number of hydrogen-bond donors (Lipinski definition) is 2. The Bertz CT molecular complexity index is 238. The number of nitrogens with zero attached hydrogens (tertiary/aromatic N) is 3. The first-order valence-electron chi connectivity index (χ1n) is 3.02. The quantitative estimate of drug-likeness (QED) is 0.648. The molecule has 7 heteroatoms. The van der Waals surface area contributed by atoms with Gasteiger partial charge in [-0.2, -0.15) is 0 Å². The van der Waals surface area contributed by atoms with E-state index in [9.17, 15) is 4.79 Å². The Morgan fingerprint density at radius 3 is 2.83 bits per heavy atom.